The Morgan fingerprint density at radius 3 is 1.40 bits per heavy atom. The highest BCUT2D eigenvalue weighted by Crippen LogP contribution is 2.27. The molecule has 102 valence electrons. The van der Waals surface area contributed by atoms with Gasteiger partial charge in [0.1, 0.15) is 0 Å². The zero-order valence-electron chi connectivity index (χ0n) is 10.3. The lowest BCUT2D eigenvalue weighted by Crippen LogP contribution is -2.21. The molecule has 0 atom stereocenters. The van der Waals surface area contributed by atoms with E-state index in [1.807, 2.05) is 0 Å². The molecule has 0 aliphatic heterocycles. The van der Waals surface area contributed by atoms with Crippen molar-refractivity contribution in [3.05, 3.63) is 59.7 Å². The topological polar surface area (TPSA) is 98.7 Å². The summed E-state index contributed by atoms with van der Waals surface area (Å²) in [7, 11) is 0. The average molecular weight is 272 g/mol. The van der Waals surface area contributed by atoms with Crippen LogP contribution in [0.25, 0.3) is 11.1 Å². The third kappa shape index (κ3) is 2.51. The lowest BCUT2D eigenvalue weighted by atomic mass is 9.95. The van der Waals surface area contributed by atoms with E-state index in [-0.39, 0.29) is 11.1 Å². The van der Waals surface area contributed by atoms with Crippen molar-refractivity contribution >= 4 is 11.8 Å². The van der Waals surface area contributed by atoms with Gasteiger partial charge in [-0.15, -0.1) is 0 Å². The third-order valence-electron chi connectivity index (χ3n) is 2.84. The number of hydroxylamine groups is 2. The largest absolute Gasteiger partial charge is 0.288 e. The molecule has 2 rings (SSSR count). The first-order valence-corrected chi connectivity index (χ1v) is 5.76. The van der Waals surface area contributed by atoms with E-state index in [0.717, 1.165) is 0 Å². The molecule has 0 unspecified atom stereocenters. The quantitative estimate of drug-likeness (QED) is 0.503. The van der Waals surface area contributed by atoms with Crippen LogP contribution >= 0.6 is 0 Å². The van der Waals surface area contributed by atoms with E-state index < -0.39 is 11.8 Å². The molecule has 6 nitrogen and oxygen atoms in total. The van der Waals surface area contributed by atoms with E-state index in [9.17, 15) is 9.59 Å². The van der Waals surface area contributed by atoms with Gasteiger partial charge in [-0.1, -0.05) is 36.4 Å². The maximum absolute atomic E-state index is 11.6. The first-order chi connectivity index (χ1) is 9.69. The van der Waals surface area contributed by atoms with Crippen LogP contribution in [0.5, 0.6) is 0 Å². The van der Waals surface area contributed by atoms with E-state index in [4.69, 9.17) is 10.4 Å². The zero-order valence-corrected chi connectivity index (χ0v) is 10.3. The van der Waals surface area contributed by atoms with Crippen LogP contribution in [-0.4, -0.2) is 22.2 Å². The molecular formula is C14H12N2O4. The van der Waals surface area contributed by atoms with E-state index in [2.05, 4.69) is 0 Å². The molecule has 0 radical (unpaired) electrons. The van der Waals surface area contributed by atoms with Gasteiger partial charge in [0, 0.05) is 11.1 Å². The van der Waals surface area contributed by atoms with Gasteiger partial charge in [0.25, 0.3) is 11.8 Å². The Kier molecular flexibility index (Phi) is 4.09. The highest BCUT2D eigenvalue weighted by molar-refractivity contribution is 6.05. The second kappa shape index (κ2) is 5.96. The highest BCUT2D eigenvalue weighted by Gasteiger charge is 2.17. The van der Waals surface area contributed by atoms with Gasteiger partial charge in [-0.25, -0.2) is 11.0 Å². The van der Waals surface area contributed by atoms with Crippen molar-refractivity contribution < 1.29 is 20.0 Å². The molecule has 0 aliphatic rings. The molecule has 0 aromatic heterocycles. The number of amides is 2. The van der Waals surface area contributed by atoms with Gasteiger partial charge in [0.15, 0.2) is 0 Å². The van der Waals surface area contributed by atoms with Gasteiger partial charge in [0.05, 0.1) is 0 Å². The summed E-state index contributed by atoms with van der Waals surface area (Å²) < 4.78 is 0. The van der Waals surface area contributed by atoms with Gasteiger partial charge in [-0.3, -0.25) is 20.0 Å². The standard InChI is InChI=1S/C14H12N2O4/c17-13(15-19)11-7-3-1-5-9(11)10-6-2-4-8-12(10)14(18)16-20/h1-8,19-20H,(H,15,17)(H,16,18). The van der Waals surface area contributed by atoms with Gasteiger partial charge < -0.3 is 0 Å². The number of carbonyl (C=O) groups is 2. The molecule has 6 heteroatoms. The maximum Gasteiger partial charge on any atom is 0.275 e. The van der Waals surface area contributed by atoms with Crippen LogP contribution in [0.2, 0.25) is 0 Å². The predicted molar refractivity (Wildman–Crippen MR) is 70.4 cm³/mol. The summed E-state index contributed by atoms with van der Waals surface area (Å²) in [4.78, 5) is 23.3. The summed E-state index contributed by atoms with van der Waals surface area (Å²) in [6, 6.07) is 13.0. The fourth-order valence-corrected chi connectivity index (χ4v) is 1.95. The number of benzene rings is 2. The van der Waals surface area contributed by atoms with Crippen LogP contribution < -0.4 is 11.0 Å². The minimum atomic E-state index is -0.681. The molecule has 2 aromatic carbocycles. The molecule has 0 heterocycles. The van der Waals surface area contributed by atoms with E-state index in [1.165, 1.54) is 12.1 Å². The van der Waals surface area contributed by atoms with Crippen molar-refractivity contribution in [2.75, 3.05) is 0 Å². The van der Waals surface area contributed by atoms with Gasteiger partial charge in [0.2, 0.25) is 0 Å². The van der Waals surface area contributed by atoms with E-state index in [1.54, 1.807) is 47.4 Å². The number of nitrogens with one attached hydrogen (secondary N) is 2. The van der Waals surface area contributed by atoms with Crippen molar-refractivity contribution in [1.82, 2.24) is 11.0 Å². The number of hydrogen-bond donors (Lipinski definition) is 4. The van der Waals surface area contributed by atoms with Crippen LogP contribution in [0.3, 0.4) is 0 Å². The Hall–Kier alpha value is -2.70. The molecule has 0 bridgehead atoms. The highest BCUT2D eigenvalue weighted by atomic mass is 16.5. The Labute approximate surface area is 114 Å². The van der Waals surface area contributed by atoms with Crippen molar-refractivity contribution in [3.8, 4) is 11.1 Å². The molecule has 0 aliphatic carbocycles. The minimum Gasteiger partial charge on any atom is -0.288 e. The van der Waals surface area contributed by atoms with Gasteiger partial charge >= 0.3 is 0 Å². The van der Waals surface area contributed by atoms with Gasteiger partial charge in [-0.2, -0.15) is 0 Å². The molecule has 20 heavy (non-hydrogen) atoms. The van der Waals surface area contributed by atoms with Crippen LogP contribution in [0.15, 0.2) is 48.5 Å². The molecule has 2 amide bonds. The zero-order chi connectivity index (χ0) is 14.5. The van der Waals surface area contributed by atoms with Crippen molar-refractivity contribution in [3.63, 3.8) is 0 Å². The molecule has 0 saturated carbocycles. The van der Waals surface area contributed by atoms with Crippen molar-refractivity contribution in [2.45, 2.75) is 0 Å². The number of hydrogen-bond acceptors (Lipinski definition) is 4. The summed E-state index contributed by atoms with van der Waals surface area (Å²) in [6.07, 6.45) is 0. The fraction of sp³-hybridized carbons (Fsp3) is 0. The van der Waals surface area contributed by atoms with Crippen LogP contribution in [0, 0.1) is 0 Å². The normalized spacial score (nSPS) is 9.90. The third-order valence-corrected chi connectivity index (χ3v) is 2.84. The molecule has 0 saturated heterocycles. The number of carbonyl (C=O) groups excluding carboxylic acids is 2. The molecule has 2 aromatic rings. The minimum absolute atomic E-state index is 0.216. The van der Waals surface area contributed by atoms with Crippen LogP contribution in [-0.2, 0) is 0 Å². The second-order valence-corrected chi connectivity index (χ2v) is 3.97. The number of rotatable bonds is 3. The second-order valence-electron chi connectivity index (χ2n) is 3.97. The summed E-state index contributed by atoms with van der Waals surface area (Å²) in [5, 5.41) is 17.5. The Morgan fingerprint density at radius 2 is 1.05 bits per heavy atom. The summed E-state index contributed by atoms with van der Waals surface area (Å²) in [5.74, 6) is -1.36. The van der Waals surface area contributed by atoms with E-state index in [0.29, 0.717) is 11.1 Å². The Bertz CT molecular complexity index is 598. The first-order valence-electron chi connectivity index (χ1n) is 5.76. The summed E-state index contributed by atoms with van der Waals surface area (Å²) >= 11 is 0. The monoisotopic (exact) mass is 272 g/mol. The SMILES string of the molecule is O=C(NO)c1ccccc1-c1ccccc1C(=O)NO. The maximum atomic E-state index is 11.6. The van der Waals surface area contributed by atoms with E-state index >= 15 is 0 Å². The molecule has 0 fully saturated rings. The lowest BCUT2D eigenvalue weighted by molar-refractivity contribution is 0.0700. The lowest BCUT2D eigenvalue weighted by Gasteiger charge is -2.11. The van der Waals surface area contributed by atoms with Crippen LogP contribution in [0.1, 0.15) is 20.7 Å². The predicted octanol–water partition coefficient (Wildman–Crippen LogP) is 1.59. The summed E-state index contributed by atoms with van der Waals surface area (Å²) in [5.41, 5.74) is 4.50. The average Bonchev–Trinajstić information content (AvgIpc) is 2.53. The first kappa shape index (κ1) is 13.7. The Morgan fingerprint density at radius 1 is 0.700 bits per heavy atom. The Balaban J connectivity index is 2.64. The molecule has 4 N–H and O–H groups in total. The smallest absolute Gasteiger partial charge is 0.275 e. The van der Waals surface area contributed by atoms with Crippen LogP contribution in [0.4, 0.5) is 0 Å². The summed E-state index contributed by atoms with van der Waals surface area (Å²) in [6.45, 7) is 0. The molecule has 0 spiro atoms. The van der Waals surface area contributed by atoms with Crippen molar-refractivity contribution in [1.29, 1.82) is 0 Å². The fourth-order valence-electron chi connectivity index (χ4n) is 1.95. The van der Waals surface area contributed by atoms with Gasteiger partial charge in [-0.05, 0) is 23.3 Å². The van der Waals surface area contributed by atoms with Crippen molar-refractivity contribution in [2.24, 2.45) is 0 Å². The molecular weight excluding hydrogens is 260 g/mol.